The van der Waals surface area contributed by atoms with E-state index in [1.807, 2.05) is 4.68 Å². The fourth-order valence-corrected chi connectivity index (χ4v) is 5.58. The third kappa shape index (κ3) is 4.07. The molecule has 9 nitrogen and oxygen atoms in total. The van der Waals surface area contributed by atoms with Gasteiger partial charge < -0.3 is 14.8 Å². The van der Waals surface area contributed by atoms with E-state index in [1.54, 1.807) is 18.3 Å². The number of hydrogen-bond donors (Lipinski definition) is 1. The molecule has 0 radical (unpaired) electrons. The molecule has 0 atom stereocenters. The third-order valence-electron chi connectivity index (χ3n) is 5.60. The Labute approximate surface area is 176 Å². The van der Waals surface area contributed by atoms with Crippen LogP contribution in [0.2, 0.25) is 0 Å². The number of ether oxygens (including phenoxy) is 2. The van der Waals surface area contributed by atoms with E-state index >= 15 is 0 Å². The van der Waals surface area contributed by atoms with Crippen molar-refractivity contribution in [2.45, 2.75) is 36.6 Å². The van der Waals surface area contributed by atoms with Crippen molar-refractivity contribution in [2.75, 3.05) is 38.7 Å². The van der Waals surface area contributed by atoms with Crippen LogP contribution in [0.5, 0.6) is 5.75 Å². The Kier molecular flexibility index (Phi) is 6.07. The van der Waals surface area contributed by atoms with E-state index in [9.17, 15) is 13.2 Å². The first-order valence-electron chi connectivity index (χ1n) is 10.1. The molecule has 0 bridgehead atoms. The molecule has 2 aliphatic rings. The maximum Gasteiger partial charge on any atom is 0.256 e. The molecule has 0 unspecified atom stereocenters. The van der Waals surface area contributed by atoms with Crippen molar-refractivity contribution in [3.8, 4) is 5.75 Å². The maximum absolute atomic E-state index is 13.1. The number of nitrogens with zero attached hydrogens (tertiary/aromatic N) is 3. The molecule has 1 aromatic carbocycles. The molecule has 0 spiro atoms. The van der Waals surface area contributed by atoms with Crippen LogP contribution in [0.1, 0.15) is 42.1 Å². The molecule has 1 aromatic heterocycles. The molecule has 1 aliphatic carbocycles. The van der Waals surface area contributed by atoms with Crippen LogP contribution >= 0.6 is 0 Å². The highest BCUT2D eigenvalue weighted by Gasteiger charge is 2.30. The molecular weight excluding hydrogens is 408 g/mol. The van der Waals surface area contributed by atoms with Crippen molar-refractivity contribution >= 4 is 21.7 Å². The van der Waals surface area contributed by atoms with Gasteiger partial charge in [-0.2, -0.15) is 9.40 Å². The van der Waals surface area contributed by atoms with Gasteiger partial charge in [0.15, 0.2) is 0 Å². The van der Waals surface area contributed by atoms with E-state index < -0.39 is 15.9 Å². The monoisotopic (exact) mass is 434 g/mol. The van der Waals surface area contributed by atoms with E-state index in [0.29, 0.717) is 19.0 Å². The van der Waals surface area contributed by atoms with Crippen molar-refractivity contribution in [3.63, 3.8) is 0 Å². The molecule has 1 saturated heterocycles. The highest BCUT2D eigenvalue weighted by Crippen LogP contribution is 2.32. The smallest absolute Gasteiger partial charge is 0.256 e. The summed E-state index contributed by atoms with van der Waals surface area (Å²) in [5.41, 5.74) is 0.238. The molecule has 10 heteroatoms. The second-order valence-corrected chi connectivity index (χ2v) is 9.34. The summed E-state index contributed by atoms with van der Waals surface area (Å²) in [6.45, 7) is 1.21. The highest BCUT2D eigenvalue weighted by atomic mass is 32.2. The van der Waals surface area contributed by atoms with Crippen LogP contribution in [-0.4, -0.2) is 61.8 Å². The Morgan fingerprint density at radius 3 is 2.63 bits per heavy atom. The summed E-state index contributed by atoms with van der Waals surface area (Å²) in [5, 5.41) is 7.23. The van der Waals surface area contributed by atoms with Gasteiger partial charge >= 0.3 is 0 Å². The number of benzene rings is 1. The van der Waals surface area contributed by atoms with Crippen molar-refractivity contribution in [2.24, 2.45) is 0 Å². The van der Waals surface area contributed by atoms with Gasteiger partial charge in [0.2, 0.25) is 10.0 Å². The summed E-state index contributed by atoms with van der Waals surface area (Å²) in [6.07, 6.45) is 6.04. The van der Waals surface area contributed by atoms with E-state index in [4.69, 9.17) is 9.47 Å². The molecule has 1 N–H and O–H groups in total. The topological polar surface area (TPSA) is 103 Å². The van der Waals surface area contributed by atoms with E-state index in [-0.39, 0.29) is 35.3 Å². The zero-order valence-electron chi connectivity index (χ0n) is 16.9. The molecule has 162 valence electrons. The van der Waals surface area contributed by atoms with Crippen LogP contribution in [0.4, 0.5) is 5.82 Å². The summed E-state index contributed by atoms with van der Waals surface area (Å²) in [5.74, 6) is 0.421. The minimum absolute atomic E-state index is 0.0242. The number of rotatable bonds is 6. The largest absolute Gasteiger partial charge is 0.495 e. The molecule has 2 aromatic rings. The quantitative estimate of drug-likeness (QED) is 0.748. The van der Waals surface area contributed by atoms with Crippen molar-refractivity contribution in [1.29, 1.82) is 0 Å². The van der Waals surface area contributed by atoms with E-state index in [2.05, 4.69) is 10.4 Å². The molecule has 4 rings (SSSR count). The van der Waals surface area contributed by atoms with Crippen LogP contribution in [0.3, 0.4) is 0 Å². The number of methoxy groups -OCH3 is 1. The lowest BCUT2D eigenvalue weighted by atomic mass is 10.2. The number of carbonyl (C=O) groups excluding carboxylic acids is 1. The van der Waals surface area contributed by atoms with E-state index in [0.717, 1.165) is 25.7 Å². The molecule has 30 heavy (non-hydrogen) atoms. The minimum Gasteiger partial charge on any atom is -0.495 e. The summed E-state index contributed by atoms with van der Waals surface area (Å²) in [6, 6.07) is 6.48. The summed E-state index contributed by atoms with van der Waals surface area (Å²) in [7, 11) is -2.40. The predicted octanol–water partition coefficient (Wildman–Crippen LogP) is 2.28. The van der Waals surface area contributed by atoms with Crippen LogP contribution in [0.25, 0.3) is 0 Å². The SMILES string of the molecule is COc1ccc(C(=O)Nc2ccnn2C2CCCC2)cc1S(=O)(=O)N1CCOCC1. The third-order valence-corrected chi connectivity index (χ3v) is 7.52. The van der Waals surface area contributed by atoms with Crippen molar-refractivity contribution < 1.29 is 22.7 Å². The minimum atomic E-state index is -3.81. The van der Waals surface area contributed by atoms with Gasteiger partial charge in [0, 0.05) is 24.7 Å². The number of aromatic nitrogens is 2. The lowest BCUT2D eigenvalue weighted by molar-refractivity contribution is 0.0729. The number of morpholine rings is 1. The molecule has 1 saturated carbocycles. The number of anilines is 1. The van der Waals surface area contributed by atoms with Gasteiger partial charge in [-0.1, -0.05) is 12.8 Å². The highest BCUT2D eigenvalue weighted by molar-refractivity contribution is 7.89. The Morgan fingerprint density at radius 1 is 1.20 bits per heavy atom. The molecule has 2 fully saturated rings. The summed E-state index contributed by atoms with van der Waals surface area (Å²) in [4.78, 5) is 12.9. The van der Waals surface area contributed by atoms with Crippen LogP contribution < -0.4 is 10.1 Å². The average molecular weight is 435 g/mol. The molecule has 1 aliphatic heterocycles. The van der Waals surface area contributed by atoms with Gasteiger partial charge in [-0.15, -0.1) is 0 Å². The average Bonchev–Trinajstić information content (AvgIpc) is 3.45. The normalized spacial score (nSPS) is 18.4. The summed E-state index contributed by atoms with van der Waals surface area (Å²) < 4.78 is 40.0. The second-order valence-electron chi connectivity index (χ2n) is 7.44. The lowest BCUT2D eigenvalue weighted by Gasteiger charge is -2.26. The maximum atomic E-state index is 13.1. The first kappa shape index (κ1) is 20.8. The van der Waals surface area contributed by atoms with Gasteiger partial charge in [-0.05, 0) is 31.0 Å². The molecule has 1 amide bonds. The van der Waals surface area contributed by atoms with Gasteiger partial charge in [0.25, 0.3) is 5.91 Å². The van der Waals surface area contributed by atoms with Crippen molar-refractivity contribution in [1.82, 2.24) is 14.1 Å². The predicted molar refractivity (Wildman–Crippen MR) is 110 cm³/mol. The first-order valence-corrected chi connectivity index (χ1v) is 11.6. The van der Waals surface area contributed by atoms with Gasteiger partial charge in [-0.3, -0.25) is 4.79 Å². The second kappa shape index (κ2) is 8.75. The Hall–Kier alpha value is -2.43. The fourth-order valence-electron chi connectivity index (χ4n) is 3.99. The zero-order valence-corrected chi connectivity index (χ0v) is 17.7. The zero-order chi connectivity index (χ0) is 21.1. The van der Waals surface area contributed by atoms with Gasteiger partial charge in [-0.25, -0.2) is 13.1 Å². The lowest BCUT2D eigenvalue weighted by Crippen LogP contribution is -2.40. The Bertz CT molecular complexity index is 1010. The van der Waals surface area contributed by atoms with Crippen molar-refractivity contribution in [3.05, 3.63) is 36.0 Å². The Balaban J connectivity index is 1.60. The number of nitrogens with one attached hydrogen (secondary N) is 1. The summed E-state index contributed by atoms with van der Waals surface area (Å²) >= 11 is 0. The first-order chi connectivity index (χ1) is 14.5. The van der Waals surface area contributed by atoms with Crippen LogP contribution in [-0.2, 0) is 14.8 Å². The number of sulfonamides is 1. The number of hydrogen-bond acceptors (Lipinski definition) is 6. The number of carbonyl (C=O) groups is 1. The number of amides is 1. The van der Waals surface area contributed by atoms with Crippen LogP contribution in [0, 0.1) is 0 Å². The fraction of sp³-hybridized carbons (Fsp3) is 0.500. The molecule has 2 heterocycles. The molecular formula is C20H26N4O5S. The Morgan fingerprint density at radius 2 is 1.93 bits per heavy atom. The van der Waals surface area contributed by atoms with Gasteiger partial charge in [0.1, 0.15) is 16.5 Å². The van der Waals surface area contributed by atoms with Crippen LogP contribution in [0.15, 0.2) is 35.4 Å². The standard InChI is InChI=1S/C20H26N4O5S/c1-28-17-7-6-15(14-18(17)30(26,27)23-10-12-29-13-11-23)20(25)22-19-8-9-21-24(19)16-4-2-3-5-16/h6-9,14,16H,2-5,10-13H2,1H3,(H,22,25). The van der Waals surface area contributed by atoms with Gasteiger partial charge in [0.05, 0.1) is 32.6 Å². The van der Waals surface area contributed by atoms with E-state index in [1.165, 1.54) is 23.5 Å².